The second-order valence-corrected chi connectivity index (χ2v) is 6.33. The number of carbonyl (C=O) groups excluding carboxylic acids is 1. The number of esters is 1. The summed E-state index contributed by atoms with van der Waals surface area (Å²) < 4.78 is 5.55. The molecule has 1 saturated heterocycles. The molecule has 0 radical (unpaired) electrons. The van der Waals surface area contributed by atoms with Crippen LogP contribution in [-0.4, -0.2) is 24.2 Å². The molecule has 3 rings (SSSR count). The molecule has 108 valence electrons. The average Bonchev–Trinajstić information content (AvgIpc) is 3.05. The van der Waals surface area contributed by atoms with E-state index in [4.69, 9.17) is 4.74 Å². The number of hydrogen-bond donors (Lipinski definition) is 1. The molecule has 3 heteroatoms. The number of fused-ring (bicyclic) bond motifs is 1. The Labute approximate surface area is 120 Å². The molecule has 1 N–H and O–H groups in total. The molecule has 1 fully saturated rings. The minimum absolute atomic E-state index is 0.0504. The van der Waals surface area contributed by atoms with Crippen molar-refractivity contribution in [3.63, 3.8) is 0 Å². The molecular formula is C17H23NO2. The van der Waals surface area contributed by atoms with E-state index in [0.717, 1.165) is 32.2 Å². The maximum absolute atomic E-state index is 12.6. The summed E-state index contributed by atoms with van der Waals surface area (Å²) in [6.07, 6.45) is 3.87. The van der Waals surface area contributed by atoms with Gasteiger partial charge in [0.25, 0.3) is 0 Å². The highest BCUT2D eigenvalue weighted by Crippen LogP contribution is 2.39. The highest BCUT2D eigenvalue weighted by molar-refractivity contribution is 5.82. The minimum atomic E-state index is -0.469. The Morgan fingerprint density at radius 2 is 1.95 bits per heavy atom. The molecule has 1 aromatic carbocycles. The maximum atomic E-state index is 12.6. The summed E-state index contributed by atoms with van der Waals surface area (Å²) in [6.45, 7) is 4.76. The summed E-state index contributed by atoms with van der Waals surface area (Å²) in [5.41, 5.74) is 2.31. The van der Waals surface area contributed by atoms with E-state index in [-0.39, 0.29) is 12.1 Å². The van der Waals surface area contributed by atoms with Crippen molar-refractivity contribution in [2.24, 2.45) is 5.92 Å². The van der Waals surface area contributed by atoms with Crippen LogP contribution in [0.15, 0.2) is 24.3 Å². The van der Waals surface area contributed by atoms with Crippen LogP contribution in [0, 0.1) is 5.92 Å². The average molecular weight is 273 g/mol. The minimum Gasteiger partial charge on any atom is -0.462 e. The van der Waals surface area contributed by atoms with Crippen molar-refractivity contribution >= 4 is 5.97 Å². The molecule has 0 saturated carbocycles. The molecule has 0 unspecified atom stereocenters. The first-order chi connectivity index (χ1) is 9.62. The number of benzene rings is 1. The first kappa shape index (κ1) is 13.6. The van der Waals surface area contributed by atoms with Gasteiger partial charge >= 0.3 is 5.97 Å². The van der Waals surface area contributed by atoms with E-state index in [9.17, 15) is 4.79 Å². The zero-order valence-electron chi connectivity index (χ0n) is 12.3. The molecule has 20 heavy (non-hydrogen) atoms. The van der Waals surface area contributed by atoms with E-state index in [0.29, 0.717) is 5.92 Å². The summed E-state index contributed by atoms with van der Waals surface area (Å²) >= 11 is 0. The van der Waals surface area contributed by atoms with Crippen LogP contribution in [0.1, 0.15) is 37.8 Å². The van der Waals surface area contributed by atoms with E-state index in [1.807, 2.05) is 13.8 Å². The predicted octanol–water partition coefficient (Wildman–Crippen LogP) is 2.48. The summed E-state index contributed by atoms with van der Waals surface area (Å²) in [7, 11) is 0. The molecule has 1 aliphatic carbocycles. The Bertz CT molecular complexity index is 478. The zero-order chi connectivity index (χ0) is 14.2. The monoisotopic (exact) mass is 273 g/mol. The van der Waals surface area contributed by atoms with E-state index in [1.165, 1.54) is 11.1 Å². The lowest BCUT2D eigenvalue weighted by Crippen LogP contribution is -2.55. The molecular weight excluding hydrogens is 250 g/mol. The van der Waals surface area contributed by atoms with Gasteiger partial charge in [-0.15, -0.1) is 0 Å². The summed E-state index contributed by atoms with van der Waals surface area (Å²) in [6, 6.07) is 8.54. The third kappa shape index (κ3) is 2.24. The van der Waals surface area contributed by atoms with Crippen LogP contribution in [0.4, 0.5) is 0 Å². The molecule has 1 atom stereocenters. The molecule has 1 aromatic rings. The smallest absolute Gasteiger partial charge is 0.326 e. The van der Waals surface area contributed by atoms with E-state index in [2.05, 4.69) is 29.6 Å². The largest absolute Gasteiger partial charge is 0.462 e. The van der Waals surface area contributed by atoms with Gasteiger partial charge in [-0.3, -0.25) is 4.79 Å². The number of ether oxygens (including phenoxy) is 1. The van der Waals surface area contributed by atoms with Gasteiger partial charge in [0.15, 0.2) is 0 Å². The summed E-state index contributed by atoms with van der Waals surface area (Å²) in [5, 5.41) is 3.48. The van der Waals surface area contributed by atoms with Gasteiger partial charge in [-0.05, 0) is 63.1 Å². The maximum Gasteiger partial charge on any atom is 0.326 e. The van der Waals surface area contributed by atoms with Crippen LogP contribution >= 0.6 is 0 Å². The topological polar surface area (TPSA) is 38.3 Å². The zero-order valence-corrected chi connectivity index (χ0v) is 12.3. The Morgan fingerprint density at radius 1 is 1.30 bits per heavy atom. The van der Waals surface area contributed by atoms with Gasteiger partial charge in [-0.25, -0.2) is 0 Å². The lowest BCUT2D eigenvalue weighted by Gasteiger charge is -2.34. The van der Waals surface area contributed by atoms with E-state index in [1.54, 1.807) is 0 Å². The SMILES string of the molecule is CC(C)OC(=O)[C@]1(C2Cc3ccccc3C2)CCCN1. The lowest BCUT2D eigenvalue weighted by molar-refractivity contribution is -0.157. The standard InChI is InChI=1S/C17H23NO2/c1-12(2)20-16(19)17(8-5-9-18-17)15-10-13-6-3-4-7-14(13)11-15/h3-4,6-7,12,15,18H,5,8-11H2,1-2H3/t17-/m1/s1. The van der Waals surface area contributed by atoms with Gasteiger partial charge in [0.2, 0.25) is 0 Å². The van der Waals surface area contributed by atoms with Crippen molar-refractivity contribution in [2.45, 2.75) is 51.2 Å². The second-order valence-electron chi connectivity index (χ2n) is 6.33. The van der Waals surface area contributed by atoms with Crippen molar-refractivity contribution in [2.75, 3.05) is 6.54 Å². The highest BCUT2D eigenvalue weighted by atomic mass is 16.5. The summed E-state index contributed by atoms with van der Waals surface area (Å²) in [4.78, 5) is 12.6. The first-order valence-corrected chi connectivity index (χ1v) is 7.65. The number of carbonyl (C=O) groups is 1. The van der Waals surface area contributed by atoms with Crippen molar-refractivity contribution in [3.05, 3.63) is 35.4 Å². The van der Waals surface area contributed by atoms with Crippen molar-refractivity contribution < 1.29 is 9.53 Å². The molecule has 0 amide bonds. The van der Waals surface area contributed by atoms with Gasteiger partial charge in [-0.2, -0.15) is 0 Å². The number of rotatable bonds is 3. The van der Waals surface area contributed by atoms with Crippen LogP contribution in [0.2, 0.25) is 0 Å². The molecule has 3 nitrogen and oxygen atoms in total. The van der Waals surface area contributed by atoms with Gasteiger partial charge in [0, 0.05) is 0 Å². The van der Waals surface area contributed by atoms with Crippen LogP contribution in [0.3, 0.4) is 0 Å². The van der Waals surface area contributed by atoms with Crippen molar-refractivity contribution in [3.8, 4) is 0 Å². The van der Waals surface area contributed by atoms with Crippen LogP contribution in [0.5, 0.6) is 0 Å². The highest BCUT2D eigenvalue weighted by Gasteiger charge is 2.50. The van der Waals surface area contributed by atoms with Crippen LogP contribution < -0.4 is 5.32 Å². The molecule has 0 bridgehead atoms. The first-order valence-electron chi connectivity index (χ1n) is 7.65. The third-order valence-corrected chi connectivity index (χ3v) is 4.64. The predicted molar refractivity (Wildman–Crippen MR) is 78.5 cm³/mol. The third-order valence-electron chi connectivity index (χ3n) is 4.64. The van der Waals surface area contributed by atoms with Gasteiger partial charge in [0.1, 0.15) is 5.54 Å². The molecule has 1 aliphatic heterocycles. The Kier molecular flexibility index (Phi) is 3.55. The van der Waals surface area contributed by atoms with Gasteiger partial charge in [0.05, 0.1) is 6.10 Å². The Hall–Kier alpha value is -1.35. The van der Waals surface area contributed by atoms with E-state index < -0.39 is 5.54 Å². The molecule has 0 spiro atoms. The van der Waals surface area contributed by atoms with E-state index >= 15 is 0 Å². The van der Waals surface area contributed by atoms with Crippen LogP contribution in [0.25, 0.3) is 0 Å². The molecule has 2 aliphatic rings. The molecule has 0 aromatic heterocycles. The quantitative estimate of drug-likeness (QED) is 0.860. The number of hydrogen-bond acceptors (Lipinski definition) is 3. The molecule has 1 heterocycles. The van der Waals surface area contributed by atoms with Crippen molar-refractivity contribution in [1.82, 2.24) is 5.32 Å². The lowest BCUT2D eigenvalue weighted by atomic mass is 9.80. The normalized spacial score (nSPS) is 25.9. The van der Waals surface area contributed by atoms with Gasteiger partial charge in [-0.1, -0.05) is 24.3 Å². The Morgan fingerprint density at radius 3 is 2.45 bits per heavy atom. The Balaban J connectivity index is 1.84. The van der Waals surface area contributed by atoms with Gasteiger partial charge < -0.3 is 10.1 Å². The second kappa shape index (κ2) is 5.21. The van der Waals surface area contributed by atoms with Crippen molar-refractivity contribution in [1.29, 1.82) is 0 Å². The fourth-order valence-electron chi connectivity index (χ4n) is 3.68. The van der Waals surface area contributed by atoms with Crippen LogP contribution in [-0.2, 0) is 22.4 Å². The fourth-order valence-corrected chi connectivity index (χ4v) is 3.68. The number of nitrogens with one attached hydrogen (secondary N) is 1. The summed E-state index contributed by atoms with van der Waals surface area (Å²) in [5.74, 6) is 0.274. The fraction of sp³-hybridized carbons (Fsp3) is 0.588.